The fourth-order valence-corrected chi connectivity index (χ4v) is 2.25. The fourth-order valence-electron chi connectivity index (χ4n) is 2.25. The minimum absolute atomic E-state index is 0.0124. The van der Waals surface area contributed by atoms with Crippen LogP contribution in [0.2, 0.25) is 0 Å². The molecule has 1 aliphatic heterocycles. The van der Waals surface area contributed by atoms with Gasteiger partial charge in [-0.25, -0.2) is 0 Å². The van der Waals surface area contributed by atoms with E-state index in [2.05, 4.69) is 18.7 Å². The highest BCUT2D eigenvalue weighted by atomic mass is 16.5. The van der Waals surface area contributed by atoms with Gasteiger partial charge in [-0.15, -0.1) is 0 Å². The molecule has 3 nitrogen and oxygen atoms in total. The SMILES string of the molecule is COc1ccccc1N1CCC(C)(C)C(O)C1. The van der Waals surface area contributed by atoms with Crippen LogP contribution >= 0.6 is 0 Å². The average molecular weight is 235 g/mol. The van der Waals surface area contributed by atoms with E-state index >= 15 is 0 Å². The zero-order valence-electron chi connectivity index (χ0n) is 10.8. The Balaban J connectivity index is 2.19. The van der Waals surface area contributed by atoms with Crippen molar-refractivity contribution in [3.63, 3.8) is 0 Å². The number of methoxy groups -OCH3 is 1. The van der Waals surface area contributed by atoms with Crippen LogP contribution in [0, 0.1) is 5.41 Å². The Morgan fingerprint density at radius 2 is 2.06 bits per heavy atom. The fraction of sp³-hybridized carbons (Fsp3) is 0.571. The van der Waals surface area contributed by atoms with E-state index in [1.807, 2.05) is 24.3 Å². The van der Waals surface area contributed by atoms with E-state index in [1.54, 1.807) is 7.11 Å². The highest BCUT2D eigenvalue weighted by Gasteiger charge is 2.34. The van der Waals surface area contributed by atoms with Gasteiger partial charge in [-0.2, -0.15) is 0 Å². The van der Waals surface area contributed by atoms with Crippen LogP contribution in [0.3, 0.4) is 0 Å². The van der Waals surface area contributed by atoms with Crippen molar-refractivity contribution < 1.29 is 9.84 Å². The van der Waals surface area contributed by atoms with Gasteiger partial charge in [0.2, 0.25) is 0 Å². The van der Waals surface area contributed by atoms with Crippen molar-refractivity contribution in [2.24, 2.45) is 5.41 Å². The van der Waals surface area contributed by atoms with Gasteiger partial charge < -0.3 is 14.7 Å². The highest BCUT2D eigenvalue weighted by Crippen LogP contribution is 2.35. The molecule has 2 rings (SSSR count). The third kappa shape index (κ3) is 2.39. The molecule has 1 aliphatic rings. The van der Waals surface area contributed by atoms with Gasteiger partial charge in [-0.1, -0.05) is 26.0 Å². The Morgan fingerprint density at radius 1 is 1.35 bits per heavy atom. The minimum Gasteiger partial charge on any atom is -0.495 e. The number of para-hydroxylation sites is 2. The quantitative estimate of drug-likeness (QED) is 0.853. The highest BCUT2D eigenvalue weighted by molar-refractivity contribution is 5.58. The standard InChI is InChI=1S/C14H21NO2/c1-14(2)8-9-15(10-13(14)16)11-6-4-5-7-12(11)17-3/h4-7,13,16H,8-10H2,1-3H3. The topological polar surface area (TPSA) is 32.7 Å². The molecule has 0 aliphatic carbocycles. The molecule has 3 heteroatoms. The van der Waals surface area contributed by atoms with E-state index in [0.29, 0.717) is 6.54 Å². The zero-order valence-corrected chi connectivity index (χ0v) is 10.8. The van der Waals surface area contributed by atoms with Crippen LogP contribution in [-0.4, -0.2) is 31.4 Å². The smallest absolute Gasteiger partial charge is 0.142 e. The van der Waals surface area contributed by atoms with Gasteiger partial charge in [0.05, 0.1) is 18.9 Å². The van der Waals surface area contributed by atoms with Crippen molar-refractivity contribution in [3.05, 3.63) is 24.3 Å². The molecule has 0 saturated carbocycles. The number of anilines is 1. The summed E-state index contributed by atoms with van der Waals surface area (Å²) in [6.07, 6.45) is 0.702. The molecule has 0 aromatic heterocycles. The monoisotopic (exact) mass is 235 g/mol. The predicted octanol–water partition coefficient (Wildman–Crippen LogP) is 2.29. The number of aliphatic hydroxyl groups excluding tert-OH is 1. The maximum atomic E-state index is 10.1. The van der Waals surface area contributed by atoms with Crippen LogP contribution < -0.4 is 9.64 Å². The second-order valence-electron chi connectivity index (χ2n) is 5.37. The van der Waals surface area contributed by atoms with Crippen LogP contribution in [0.4, 0.5) is 5.69 Å². The molecule has 0 bridgehead atoms. The second kappa shape index (κ2) is 4.57. The number of rotatable bonds is 2. The largest absolute Gasteiger partial charge is 0.495 e. The summed E-state index contributed by atoms with van der Waals surface area (Å²) in [5.41, 5.74) is 1.09. The van der Waals surface area contributed by atoms with Crippen LogP contribution in [0.15, 0.2) is 24.3 Å². The van der Waals surface area contributed by atoms with Crippen molar-refractivity contribution in [3.8, 4) is 5.75 Å². The molecule has 0 radical (unpaired) electrons. The molecule has 1 atom stereocenters. The molecule has 1 fully saturated rings. The molecule has 1 aromatic carbocycles. The third-order valence-corrected chi connectivity index (χ3v) is 3.75. The van der Waals surface area contributed by atoms with Crippen molar-refractivity contribution >= 4 is 5.69 Å². The molecule has 1 heterocycles. The maximum absolute atomic E-state index is 10.1. The number of benzene rings is 1. The molecule has 94 valence electrons. The van der Waals surface area contributed by atoms with E-state index < -0.39 is 0 Å². The Labute approximate surface area is 103 Å². The lowest BCUT2D eigenvalue weighted by molar-refractivity contribution is 0.0350. The maximum Gasteiger partial charge on any atom is 0.142 e. The van der Waals surface area contributed by atoms with Crippen molar-refractivity contribution in [2.75, 3.05) is 25.1 Å². The summed E-state index contributed by atoms with van der Waals surface area (Å²) in [5.74, 6) is 0.874. The van der Waals surface area contributed by atoms with Crippen LogP contribution in [-0.2, 0) is 0 Å². The van der Waals surface area contributed by atoms with E-state index in [0.717, 1.165) is 24.4 Å². The normalized spacial score (nSPS) is 23.5. The Bertz CT molecular complexity index is 390. The van der Waals surface area contributed by atoms with Gasteiger partial charge in [0.25, 0.3) is 0 Å². The van der Waals surface area contributed by atoms with Gasteiger partial charge in [-0.3, -0.25) is 0 Å². The van der Waals surface area contributed by atoms with E-state index in [4.69, 9.17) is 4.74 Å². The van der Waals surface area contributed by atoms with Crippen LogP contribution in [0.25, 0.3) is 0 Å². The number of aliphatic hydroxyl groups is 1. The van der Waals surface area contributed by atoms with Gasteiger partial charge in [0.15, 0.2) is 0 Å². The first kappa shape index (κ1) is 12.2. The molecule has 0 amide bonds. The Morgan fingerprint density at radius 3 is 2.71 bits per heavy atom. The number of hydrogen-bond donors (Lipinski definition) is 1. The van der Waals surface area contributed by atoms with E-state index in [9.17, 15) is 5.11 Å². The third-order valence-electron chi connectivity index (χ3n) is 3.75. The molecule has 0 spiro atoms. The predicted molar refractivity (Wildman–Crippen MR) is 69.6 cm³/mol. The van der Waals surface area contributed by atoms with Gasteiger partial charge in [0, 0.05) is 13.1 Å². The van der Waals surface area contributed by atoms with Crippen LogP contribution in [0.1, 0.15) is 20.3 Å². The summed E-state index contributed by atoms with van der Waals surface area (Å²) in [4.78, 5) is 2.20. The van der Waals surface area contributed by atoms with Crippen molar-refractivity contribution in [1.82, 2.24) is 0 Å². The first-order valence-corrected chi connectivity index (χ1v) is 6.10. The van der Waals surface area contributed by atoms with Gasteiger partial charge >= 0.3 is 0 Å². The summed E-state index contributed by atoms with van der Waals surface area (Å²) in [6, 6.07) is 7.97. The summed E-state index contributed by atoms with van der Waals surface area (Å²) >= 11 is 0. The summed E-state index contributed by atoms with van der Waals surface area (Å²) in [6.45, 7) is 5.88. The minimum atomic E-state index is -0.291. The Kier molecular flexibility index (Phi) is 3.29. The van der Waals surface area contributed by atoms with Gasteiger partial charge in [0.1, 0.15) is 5.75 Å². The average Bonchev–Trinajstić information content (AvgIpc) is 2.33. The zero-order chi connectivity index (χ0) is 12.5. The van der Waals surface area contributed by atoms with E-state index in [1.165, 1.54) is 0 Å². The summed E-state index contributed by atoms with van der Waals surface area (Å²) in [5, 5.41) is 10.1. The molecule has 17 heavy (non-hydrogen) atoms. The van der Waals surface area contributed by atoms with Crippen molar-refractivity contribution in [1.29, 1.82) is 0 Å². The number of β-amino-alcohol motifs (C(OH)–C–C–N with tert-alkyl or cyclic N) is 1. The lowest BCUT2D eigenvalue weighted by Crippen LogP contribution is -2.48. The first-order valence-electron chi connectivity index (χ1n) is 6.10. The number of ether oxygens (including phenoxy) is 1. The Hall–Kier alpha value is -1.22. The van der Waals surface area contributed by atoms with Crippen LogP contribution in [0.5, 0.6) is 5.75 Å². The molecule has 1 N–H and O–H groups in total. The molecule has 1 unspecified atom stereocenters. The number of nitrogens with zero attached hydrogens (tertiary/aromatic N) is 1. The second-order valence-corrected chi connectivity index (χ2v) is 5.37. The number of hydrogen-bond acceptors (Lipinski definition) is 3. The number of piperidine rings is 1. The lowest BCUT2D eigenvalue weighted by Gasteiger charge is -2.42. The molecular formula is C14H21NO2. The van der Waals surface area contributed by atoms with E-state index in [-0.39, 0.29) is 11.5 Å². The molecule has 1 aromatic rings. The molecule has 1 saturated heterocycles. The summed E-state index contributed by atoms with van der Waals surface area (Å²) < 4.78 is 5.36. The summed E-state index contributed by atoms with van der Waals surface area (Å²) in [7, 11) is 1.68. The first-order chi connectivity index (χ1) is 8.04. The van der Waals surface area contributed by atoms with Gasteiger partial charge in [-0.05, 0) is 24.0 Å². The molecular weight excluding hydrogens is 214 g/mol. The lowest BCUT2D eigenvalue weighted by atomic mass is 9.80. The van der Waals surface area contributed by atoms with Crippen molar-refractivity contribution in [2.45, 2.75) is 26.4 Å².